The van der Waals surface area contributed by atoms with Gasteiger partial charge in [-0.25, -0.2) is 0 Å². The molecule has 19 heavy (non-hydrogen) atoms. The molecule has 100 valence electrons. The van der Waals surface area contributed by atoms with Crippen LogP contribution in [0.5, 0.6) is 0 Å². The van der Waals surface area contributed by atoms with Crippen molar-refractivity contribution in [2.45, 2.75) is 32.7 Å². The topological polar surface area (TPSA) is 60.9 Å². The molecule has 0 bridgehead atoms. The Balaban J connectivity index is 0.000000637. The van der Waals surface area contributed by atoms with Gasteiger partial charge >= 0.3 is 0 Å². The first-order valence-corrected chi connectivity index (χ1v) is 6.68. The Bertz CT molecular complexity index is 605. The maximum Gasteiger partial charge on any atom is 0.274 e. The number of anilines is 1. The average Bonchev–Trinajstić information content (AvgIpc) is 2.86. The van der Waals surface area contributed by atoms with Crippen LogP contribution < -0.4 is 11.3 Å². The second kappa shape index (κ2) is 5.69. The van der Waals surface area contributed by atoms with Gasteiger partial charge in [0.1, 0.15) is 0 Å². The van der Waals surface area contributed by atoms with E-state index < -0.39 is 0 Å². The molecular weight excluding hydrogens is 238 g/mol. The fourth-order valence-electron chi connectivity index (χ4n) is 2.52. The van der Waals surface area contributed by atoms with Crippen LogP contribution in [0.3, 0.4) is 0 Å². The number of nitrogens with zero attached hydrogens (tertiary/aromatic N) is 2. The van der Waals surface area contributed by atoms with Gasteiger partial charge in [-0.1, -0.05) is 44.2 Å². The van der Waals surface area contributed by atoms with Gasteiger partial charge in [-0.15, -0.1) is 0 Å². The van der Waals surface area contributed by atoms with Gasteiger partial charge in [0.05, 0.1) is 6.04 Å². The van der Waals surface area contributed by atoms with Crippen LogP contribution in [0, 0.1) is 0 Å². The number of fused-ring (bicyclic) bond motifs is 1. The zero-order valence-electron chi connectivity index (χ0n) is 11.3. The highest BCUT2D eigenvalue weighted by molar-refractivity contribution is 5.32. The van der Waals surface area contributed by atoms with Crippen LogP contribution >= 0.6 is 0 Å². The van der Waals surface area contributed by atoms with Crippen molar-refractivity contribution >= 4 is 5.95 Å². The summed E-state index contributed by atoms with van der Waals surface area (Å²) in [4.78, 5) is 15.1. The van der Waals surface area contributed by atoms with E-state index in [2.05, 4.69) is 17.1 Å². The Morgan fingerprint density at radius 1 is 1.26 bits per heavy atom. The number of nitrogen functional groups attached to an aromatic ring is 1. The number of benzene rings is 1. The van der Waals surface area contributed by atoms with Crippen LogP contribution in [-0.4, -0.2) is 9.55 Å². The van der Waals surface area contributed by atoms with E-state index in [1.807, 2.05) is 36.6 Å². The zero-order valence-corrected chi connectivity index (χ0v) is 11.3. The number of nitrogens with two attached hydrogens (primary N) is 1. The second-order valence-electron chi connectivity index (χ2n) is 4.28. The first-order chi connectivity index (χ1) is 9.25. The van der Waals surface area contributed by atoms with Crippen LogP contribution in [0.4, 0.5) is 5.95 Å². The minimum absolute atomic E-state index is 0.208. The molecule has 1 unspecified atom stereocenters. The summed E-state index contributed by atoms with van der Waals surface area (Å²) in [6, 6.07) is 12.0. The number of aryl methyl sites for hydroxylation is 1. The Morgan fingerprint density at radius 2 is 1.95 bits per heavy atom. The first kappa shape index (κ1) is 13.3. The molecule has 1 aliphatic rings. The minimum Gasteiger partial charge on any atom is -0.369 e. The van der Waals surface area contributed by atoms with E-state index in [4.69, 9.17) is 5.73 Å². The largest absolute Gasteiger partial charge is 0.369 e. The predicted octanol–water partition coefficient (Wildman–Crippen LogP) is 2.39. The molecule has 4 heteroatoms. The summed E-state index contributed by atoms with van der Waals surface area (Å²) in [6.07, 6.45) is 1.85. The van der Waals surface area contributed by atoms with E-state index in [1.54, 1.807) is 6.07 Å². The molecule has 2 N–H and O–H groups in total. The highest BCUT2D eigenvalue weighted by atomic mass is 16.1. The lowest BCUT2D eigenvalue weighted by Crippen LogP contribution is -2.19. The van der Waals surface area contributed by atoms with E-state index in [0.29, 0.717) is 5.95 Å². The van der Waals surface area contributed by atoms with Gasteiger partial charge in [-0.05, 0) is 18.4 Å². The second-order valence-corrected chi connectivity index (χ2v) is 4.28. The van der Waals surface area contributed by atoms with Crippen LogP contribution in [0.15, 0.2) is 41.2 Å². The lowest BCUT2D eigenvalue weighted by atomic mass is 10.1. The van der Waals surface area contributed by atoms with Crippen molar-refractivity contribution in [2.75, 3.05) is 5.73 Å². The Hall–Kier alpha value is -2.10. The Labute approximate surface area is 112 Å². The lowest BCUT2D eigenvalue weighted by molar-refractivity contribution is 0.616. The first-order valence-electron chi connectivity index (χ1n) is 6.68. The number of rotatable bonds is 1. The fourth-order valence-corrected chi connectivity index (χ4v) is 2.52. The molecule has 0 spiro atoms. The van der Waals surface area contributed by atoms with Crippen LogP contribution in [0.1, 0.15) is 37.6 Å². The smallest absolute Gasteiger partial charge is 0.274 e. The van der Waals surface area contributed by atoms with Crippen LogP contribution in [0.2, 0.25) is 0 Å². The maximum atomic E-state index is 11.3. The summed E-state index contributed by atoms with van der Waals surface area (Å²) >= 11 is 0. The number of hydrogen-bond acceptors (Lipinski definition) is 3. The summed E-state index contributed by atoms with van der Waals surface area (Å²) in [6.45, 7) is 4.00. The Kier molecular flexibility index (Phi) is 4.00. The normalized spacial score (nSPS) is 16.4. The van der Waals surface area contributed by atoms with Crippen LogP contribution in [0.25, 0.3) is 0 Å². The average molecular weight is 257 g/mol. The standard InChI is InChI=1S/C13H13N3O.C2H6/c14-13-15-12(17)8-10-6-7-11(16(10)13)9-4-2-1-3-5-9;1-2/h1-5,8,11H,6-7H2,(H2,14,15,17);1-2H3. The predicted molar refractivity (Wildman–Crippen MR) is 77.2 cm³/mol. The van der Waals surface area contributed by atoms with Crippen molar-refractivity contribution in [3.05, 3.63) is 58.0 Å². The van der Waals surface area contributed by atoms with Gasteiger partial charge in [0.15, 0.2) is 0 Å². The summed E-state index contributed by atoms with van der Waals surface area (Å²) in [5, 5.41) is 0. The molecule has 2 aromatic rings. The summed E-state index contributed by atoms with van der Waals surface area (Å²) in [5.74, 6) is 0.318. The van der Waals surface area contributed by atoms with Crippen molar-refractivity contribution in [3.8, 4) is 0 Å². The molecule has 1 aromatic carbocycles. The maximum absolute atomic E-state index is 11.3. The molecule has 0 radical (unpaired) electrons. The molecule has 1 aromatic heterocycles. The molecule has 2 heterocycles. The van der Waals surface area contributed by atoms with Crippen molar-refractivity contribution in [1.82, 2.24) is 9.55 Å². The lowest BCUT2D eigenvalue weighted by Gasteiger charge is -2.17. The molecule has 0 aliphatic carbocycles. The molecular formula is C15H19N3O. The van der Waals surface area contributed by atoms with Gasteiger partial charge in [0.2, 0.25) is 5.95 Å². The van der Waals surface area contributed by atoms with Crippen molar-refractivity contribution < 1.29 is 0 Å². The highest BCUT2D eigenvalue weighted by Crippen LogP contribution is 2.32. The molecule has 1 aliphatic heterocycles. The third kappa shape index (κ3) is 2.52. The van der Waals surface area contributed by atoms with Gasteiger partial charge in [0, 0.05) is 11.8 Å². The molecule has 0 saturated heterocycles. The van der Waals surface area contributed by atoms with Crippen LogP contribution in [-0.2, 0) is 6.42 Å². The molecule has 3 rings (SSSR count). The van der Waals surface area contributed by atoms with Gasteiger partial charge < -0.3 is 10.3 Å². The van der Waals surface area contributed by atoms with E-state index in [1.165, 1.54) is 5.56 Å². The van der Waals surface area contributed by atoms with Gasteiger partial charge in [-0.2, -0.15) is 4.98 Å². The molecule has 4 nitrogen and oxygen atoms in total. The van der Waals surface area contributed by atoms with E-state index in [9.17, 15) is 4.79 Å². The molecule has 0 amide bonds. The SMILES string of the molecule is CC.Nc1nc(=O)cc2n1C(c1ccccc1)CC2. The van der Waals surface area contributed by atoms with E-state index in [0.717, 1.165) is 18.5 Å². The van der Waals surface area contributed by atoms with E-state index >= 15 is 0 Å². The van der Waals surface area contributed by atoms with Crippen molar-refractivity contribution in [1.29, 1.82) is 0 Å². The van der Waals surface area contributed by atoms with Crippen molar-refractivity contribution in [2.24, 2.45) is 0 Å². The Morgan fingerprint density at radius 3 is 2.63 bits per heavy atom. The quantitative estimate of drug-likeness (QED) is 0.853. The van der Waals surface area contributed by atoms with E-state index in [-0.39, 0.29) is 11.6 Å². The molecule has 1 atom stereocenters. The fraction of sp³-hybridized carbons (Fsp3) is 0.333. The molecule has 0 saturated carbocycles. The number of aromatic nitrogens is 2. The van der Waals surface area contributed by atoms with Crippen molar-refractivity contribution in [3.63, 3.8) is 0 Å². The summed E-state index contributed by atoms with van der Waals surface area (Å²) < 4.78 is 1.97. The molecule has 0 fully saturated rings. The third-order valence-electron chi connectivity index (χ3n) is 3.24. The number of hydrogen-bond donors (Lipinski definition) is 1. The van der Waals surface area contributed by atoms with Gasteiger partial charge in [0.25, 0.3) is 5.56 Å². The highest BCUT2D eigenvalue weighted by Gasteiger charge is 2.25. The van der Waals surface area contributed by atoms with Gasteiger partial charge in [-0.3, -0.25) is 4.79 Å². The third-order valence-corrected chi connectivity index (χ3v) is 3.24. The summed E-state index contributed by atoms with van der Waals surface area (Å²) in [7, 11) is 0. The monoisotopic (exact) mass is 257 g/mol. The summed E-state index contributed by atoms with van der Waals surface area (Å²) in [5.41, 5.74) is 7.80. The minimum atomic E-state index is -0.248. The zero-order chi connectivity index (χ0) is 13.8.